The zero-order valence-corrected chi connectivity index (χ0v) is 16.2. The van der Waals surface area contributed by atoms with Gasteiger partial charge in [0.2, 0.25) is 0 Å². The van der Waals surface area contributed by atoms with Crippen molar-refractivity contribution in [2.75, 3.05) is 7.11 Å². The molecule has 146 valence electrons. The molecule has 0 fully saturated rings. The molecular formula is C23H20N2O4. The van der Waals surface area contributed by atoms with Gasteiger partial charge in [-0.05, 0) is 48.6 Å². The standard InChI is InChI=1S/C23H20N2O4/c1-25-13-12-24-22(25)15-28-18-8-6-16(7-9-18)20(26)11-10-19-14-17-4-3-5-21(27-2)23(17)29-19/h3-14H,15H2,1-2H3/b11-10+. The fraction of sp³-hybridized carbons (Fsp3) is 0.130. The number of methoxy groups -OCH3 is 1. The lowest BCUT2D eigenvalue weighted by Gasteiger charge is -2.06. The molecule has 4 aromatic rings. The number of carbonyl (C=O) groups excluding carboxylic acids is 1. The third-order valence-corrected chi connectivity index (χ3v) is 4.57. The van der Waals surface area contributed by atoms with Gasteiger partial charge in [0.05, 0.1) is 7.11 Å². The summed E-state index contributed by atoms with van der Waals surface area (Å²) in [7, 11) is 3.51. The number of hydrogen-bond acceptors (Lipinski definition) is 5. The molecule has 4 rings (SSSR count). The van der Waals surface area contributed by atoms with Crippen molar-refractivity contribution >= 4 is 22.8 Å². The summed E-state index contributed by atoms with van der Waals surface area (Å²) in [4.78, 5) is 16.7. The van der Waals surface area contributed by atoms with Crippen molar-refractivity contribution in [3.63, 3.8) is 0 Å². The predicted octanol–water partition coefficient (Wildman–Crippen LogP) is 4.65. The van der Waals surface area contributed by atoms with Gasteiger partial charge in [-0.3, -0.25) is 4.79 Å². The number of fused-ring (bicyclic) bond motifs is 1. The molecule has 0 aliphatic carbocycles. The summed E-state index contributed by atoms with van der Waals surface area (Å²) >= 11 is 0. The third-order valence-electron chi connectivity index (χ3n) is 4.57. The first-order valence-corrected chi connectivity index (χ1v) is 9.12. The topological polar surface area (TPSA) is 66.5 Å². The average Bonchev–Trinajstić information content (AvgIpc) is 3.36. The fourth-order valence-corrected chi connectivity index (χ4v) is 2.95. The number of benzene rings is 2. The van der Waals surface area contributed by atoms with Crippen LogP contribution in [0.2, 0.25) is 0 Å². The molecule has 0 saturated carbocycles. The highest BCUT2D eigenvalue weighted by Gasteiger charge is 2.08. The normalized spacial score (nSPS) is 11.2. The molecule has 0 aliphatic rings. The lowest BCUT2D eigenvalue weighted by atomic mass is 10.1. The predicted molar refractivity (Wildman–Crippen MR) is 110 cm³/mol. The van der Waals surface area contributed by atoms with Crippen LogP contribution in [0.1, 0.15) is 21.9 Å². The van der Waals surface area contributed by atoms with Crippen LogP contribution in [-0.4, -0.2) is 22.4 Å². The van der Waals surface area contributed by atoms with Gasteiger partial charge < -0.3 is 18.5 Å². The zero-order chi connectivity index (χ0) is 20.2. The van der Waals surface area contributed by atoms with E-state index in [9.17, 15) is 4.79 Å². The van der Waals surface area contributed by atoms with Crippen LogP contribution in [0.5, 0.6) is 11.5 Å². The van der Waals surface area contributed by atoms with Crippen LogP contribution in [-0.2, 0) is 13.7 Å². The lowest BCUT2D eigenvalue weighted by molar-refractivity contribution is 0.104. The molecular weight excluding hydrogens is 368 g/mol. The van der Waals surface area contributed by atoms with E-state index in [1.807, 2.05) is 42.1 Å². The SMILES string of the molecule is COc1cccc2cc(/C=C/C(=O)c3ccc(OCc4nccn4C)cc3)oc12. The van der Waals surface area contributed by atoms with Gasteiger partial charge in [0, 0.05) is 30.4 Å². The molecule has 2 heterocycles. The number of carbonyl (C=O) groups is 1. The molecule has 0 radical (unpaired) electrons. The van der Waals surface area contributed by atoms with E-state index in [4.69, 9.17) is 13.9 Å². The van der Waals surface area contributed by atoms with E-state index in [1.165, 1.54) is 6.08 Å². The van der Waals surface area contributed by atoms with Crippen molar-refractivity contribution in [3.8, 4) is 11.5 Å². The highest BCUT2D eigenvalue weighted by molar-refractivity contribution is 6.06. The highest BCUT2D eigenvalue weighted by Crippen LogP contribution is 2.29. The minimum absolute atomic E-state index is 0.118. The van der Waals surface area contributed by atoms with Gasteiger partial charge in [-0.2, -0.15) is 0 Å². The molecule has 0 atom stereocenters. The van der Waals surface area contributed by atoms with E-state index in [-0.39, 0.29) is 5.78 Å². The van der Waals surface area contributed by atoms with Gasteiger partial charge in [0.1, 0.15) is 23.9 Å². The van der Waals surface area contributed by atoms with Gasteiger partial charge >= 0.3 is 0 Å². The summed E-state index contributed by atoms with van der Waals surface area (Å²) in [6.07, 6.45) is 6.75. The van der Waals surface area contributed by atoms with Crippen molar-refractivity contribution in [3.05, 3.63) is 84.1 Å². The molecule has 6 nitrogen and oxygen atoms in total. The number of para-hydroxylation sites is 1. The summed E-state index contributed by atoms with van der Waals surface area (Å²) in [5.74, 6) is 2.64. The van der Waals surface area contributed by atoms with E-state index in [1.54, 1.807) is 43.6 Å². The van der Waals surface area contributed by atoms with E-state index in [2.05, 4.69) is 4.98 Å². The molecule has 0 saturated heterocycles. The Morgan fingerprint density at radius 2 is 2.03 bits per heavy atom. The zero-order valence-electron chi connectivity index (χ0n) is 16.2. The second-order valence-electron chi connectivity index (χ2n) is 6.49. The van der Waals surface area contributed by atoms with E-state index >= 15 is 0 Å². The molecule has 6 heteroatoms. The Morgan fingerprint density at radius 3 is 2.76 bits per heavy atom. The van der Waals surface area contributed by atoms with Gasteiger partial charge in [-0.1, -0.05) is 12.1 Å². The second-order valence-corrected chi connectivity index (χ2v) is 6.49. The number of hydrogen-bond donors (Lipinski definition) is 0. The van der Waals surface area contributed by atoms with Crippen LogP contribution in [0.15, 0.2) is 71.4 Å². The number of allylic oxidation sites excluding steroid dienone is 1. The maximum atomic E-state index is 12.4. The van der Waals surface area contributed by atoms with Crippen LogP contribution >= 0.6 is 0 Å². The van der Waals surface area contributed by atoms with Gasteiger partial charge in [0.25, 0.3) is 0 Å². The fourth-order valence-electron chi connectivity index (χ4n) is 2.95. The highest BCUT2D eigenvalue weighted by atomic mass is 16.5. The first-order chi connectivity index (χ1) is 14.1. The van der Waals surface area contributed by atoms with Crippen LogP contribution in [0.3, 0.4) is 0 Å². The van der Waals surface area contributed by atoms with Crippen molar-refractivity contribution in [1.82, 2.24) is 9.55 Å². The minimum atomic E-state index is -0.118. The largest absolute Gasteiger partial charge is 0.493 e. The average molecular weight is 388 g/mol. The molecule has 0 spiro atoms. The molecule has 2 aromatic heterocycles. The Hall–Kier alpha value is -3.80. The molecule has 0 bridgehead atoms. The quantitative estimate of drug-likeness (QED) is 0.341. The molecule has 29 heavy (non-hydrogen) atoms. The Labute approximate surface area is 168 Å². The summed E-state index contributed by atoms with van der Waals surface area (Å²) in [6, 6.07) is 14.6. The van der Waals surface area contributed by atoms with Gasteiger partial charge in [-0.15, -0.1) is 0 Å². The number of imidazole rings is 1. The molecule has 0 amide bonds. The lowest BCUT2D eigenvalue weighted by Crippen LogP contribution is -2.03. The number of aromatic nitrogens is 2. The van der Waals surface area contributed by atoms with Crippen molar-refractivity contribution in [1.29, 1.82) is 0 Å². The Morgan fingerprint density at radius 1 is 1.21 bits per heavy atom. The van der Waals surface area contributed by atoms with Crippen LogP contribution < -0.4 is 9.47 Å². The monoisotopic (exact) mass is 388 g/mol. The van der Waals surface area contributed by atoms with Crippen molar-refractivity contribution < 1.29 is 18.7 Å². The number of rotatable bonds is 7. The van der Waals surface area contributed by atoms with E-state index < -0.39 is 0 Å². The molecule has 2 aromatic carbocycles. The number of nitrogens with zero attached hydrogens (tertiary/aromatic N) is 2. The minimum Gasteiger partial charge on any atom is -0.493 e. The van der Waals surface area contributed by atoms with Gasteiger partial charge in [-0.25, -0.2) is 4.98 Å². The second kappa shape index (κ2) is 8.06. The Bertz CT molecular complexity index is 1170. The molecule has 0 aliphatic heterocycles. The maximum Gasteiger partial charge on any atom is 0.185 e. The van der Waals surface area contributed by atoms with Crippen molar-refractivity contribution in [2.45, 2.75) is 6.61 Å². The smallest absolute Gasteiger partial charge is 0.185 e. The number of ether oxygens (including phenoxy) is 2. The van der Waals surface area contributed by atoms with Gasteiger partial charge in [0.15, 0.2) is 17.1 Å². The summed E-state index contributed by atoms with van der Waals surface area (Å²) in [6.45, 7) is 0.367. The summed E-state index contributed by atoms with van der Waals surface area (Å²) < 4.78 is 18.7. The maximum absolute atomic E-state index is 12.4. The molecule has 0 N–H and O–H groups in total. The first-order valence-electron chi connectivity index (χ1n) is 9.12. The number of ketones is 1. The van der Waals surface area contributed by atoms with Crippen molar-refractivity contribution in [2.24, 2.45) is 7.05 Å². The number of furan rings is 1. The summed E-state index contributed by atoms with van der Waals surface area (Å²) in [5.41, 5.74) is 1.23. The van der Waals surface area contributed by atoms with Crippen LogP contribution in [0, 0.1) is 0 Å². The first kappa shape index (κ1) is 18.6. The van der Waals surface area contributed by atoms with E-state index in [0.29, 0.717) is 35.0 Å². The number of aryl methyl sites for hydroxylation is 1. The Kier molecular flexibility index (Phi) is 5.16. The Balaban J connectivity index is 1.42. The summed E-state index contributed by atoms with van der Waals surface area (Å²) in [5, 5.41) is 0.922. The molecule has 0 unspecified atom stereocenters. The third kappa shape index (κ3) is 4.06. The van der Waals surface area contributed by atoms with Crippen LogP contribution in [0.4, 0.5) is 0 Å². The van der Waals surface area contributed by atoms with Crippen LogP contribution in [0.25, 0.3) is 17.0 Å². The van der Waals surface area contributed by atoms with E-state index in [0.717, 1.165) is 11.2 Å².